The standard InChI is InChI=1S/C20H24N6O.HI/c1-21-20(22-13-8-14-27-18-11-6-3-7-12-18)23-15-19-25-24-16-26(19)17-9-4-2-5-10-17;/h2-7,9-12,16H,8,13-15H2,1H3,(H2,21,22,23);1H. The molecule has 1 heterocycles. The predicted octanol–water partition coefficient (Wildman–Crippen LogP) is 3.02. The van der Waals surface area contributed by atoms with E-state index in [9.17, 15) is 0 Å². The molecule has 2 N–H and O–H groups in total. The number of guanidine groups is 1. The first-order valence-electron chi connectivity index (χ1n) is 8.93. The van der Waals surface area contributed by atoms with Gasteiger partial charge in [-0.2, -0.15) is 0 Å². The van der Waals surface area contributed by atoms with Gasteiger partial charge in [0.1, 0.15) is 12.1 Å². The number of para-hydroxylation sites is 2. The molecule has 0 fully saturated rings. The van der Waals surface area contributed by atoms with Gasteiger partial charge in [-0.05, 0) is 30.7 Å². The molecule has 3 rings (SSSR count). The molecule has 0 aliphatic rings. The molecule has 28 heavy (non-hydrogen) atoms. The number of hydrogen-bond donors (Lipinski definition) is 2. The topological polar surface area (TPSA) is 76.4 Å². The summed E-state index contributed by atoms with van der Waals surface area (Å²) in [7, 11) is 1.75. The summed E-state index contributed by atoms with van der Waals surface area (Å²) in [5.41, 5.74) is 1.03. The van der Waals surface area contributed by atoms with Crippen LogP contribution in [-0.2, 0) is 6.54 Å². The van der Waals surface area contributed by atoms with Crippen molar-refractivity contribution in [1.29, 1.82) is 0 Å². The van der Waals surface area contributed by atoms with Gasteiger partial charge in [0, 0.05) is 19.3 Å². The molecule has 0 saturated carbocycles. The molecule has 0 amide bonds. The predicted molar refractivity (Wildman–Crippen MR) is 122 cm³/mol. The van der Waals surface area contributed by atoms with E-state index in [1.54, 1.807) is 13.4 Å². The number of halogens is 1. The minimum Gasteiger partial charge on any atom is -0.494 e. The molecular weight excluding hydrogens is 467 g/mol. The second-order valence-electron chi connectivity index (χ2n) is 5.82. The van der Waals surface area contributed by atoms with E-state index in [0.29, 0.717) is 13.2 Å². The summed E-state index contributed by atoms with van der Waals surface area (Å²) in [4.78, 5) is 4.24. The Kier molecular flexibility index (Phi) is 9.26. The summed E-state index contributed by atoms with van der Waals surface area (Å²) in [6, 6.07) is 19.8. The maximum Gasteiger partial charge on any atom is 0.191 e. The van der Waals surface area contributed by atoms with Crippen LogP contribution < -0.4 is 15.4 Å². The highest BCUT2D eigenvalue weighted by molar-refractivity contribution is 14.0. The smallest absolute Gasteiger partial charge is 0.191 e. The average molecular weight is 492 g/mol. The summed E-state index contributed by atoms with van der Waals surface area (Å²) >= 11 is 0. The zero-order chi connectivity index (χ0) is 18.7. The van der Waals surface area contributed by atoms with Crippen molar-refractivity contribution in [1.82, 2.24) is 25.4 Å². The second-order valence-corrected chi connectivity index (χ2v) is 5.82. The molecule has 7 nitrogen and oxygen atoms in total. The molecular formula is C20H25IN6O. The first-order chi connectivity index (χ1) is 13.4. The second kappa shape index (κ2) is 12.0. The summed E-state index contributed by atoms with van der Waals surface area (Å²) in [5, 5.41) is 14.7. The fraction of sp³-hybridized carbons (Fsp3) is 0.250. The highest BCUT2D eigenvalue weighted by Crippen LogP contribution is 2.09. The van der Waals surface area contributed by atoms with Gasteiger partial charge in [-0.3, -0.25) is 9.56 Å². The summed E-state index contributed by atoms with van der Waals surface area (Å²) in [6.45, 7) is 1.93. The minimum atomic E-state index is 0. The van der Waals surface area contributed by atoms with E-state index >= 15 is 0 Å². The van der Waals surface area contributed by atoms with Crippen LogP contribution in [0.4, 0.5) is 0 Å². The van der Waals surface area contributed by atoms with Crippen LogP contribution >= 0.6 is 24.0 Å². The zero-order valence-corrected chi connectivity index (χ0v) is 18.1. The summed E-state index contributed by atoms with van der Waals surface area (Å²) in [6.07, 6.45) is 2.58. The van der Waals surface area contributed by atoms with Gasteiger partial charge in [-0.25, -0.2) is 0 Å². The van der Waals surface area contributed by atoms with Gasteiger partial charge in [0.25, 0.3) is 0 Å². The summed E-state index contributed by atoms with van der Waals surface area (Å²) in [5.74, 6) is 2.43. The van der Waals surface area contributed by atoms with Gasteiger partial charge in [-0.1, -0.05) is 36.4 Å². The van der Waals surface area contributed by atoms with Crippen LogP contribution in [0.1, 0.15) is 12.2 Å². The molecule has 0 aliphatic heterocycles. The van der Waals surface area contributed by atoms with E-state index in [2.05, 4.69) is 25.8 Å². The van der Waals surface area contributed by atoms with Crippen LogP contribution in [0.3, 0.4) is 0 Å². The van der Waals surface area contributed by atoms with E-state index in [-0.39, 0.29) is 24.0 Å². The molecule has 0 aliphatic carbocycles. The molecule has 0 bridgehead atoms. The van der Waals surface area contributed by atoms with Crippen LogP contribution in [0, 0.1) is 0 Å². The van der Waals surface area contributed by atoms with E-state index in [1.807, 2.05) is 65.2 Å². The Labute approximate surface area is 182 Å². The molecule has 3 aromatic rings. The number of aromatic nitrogens is 3. The third kappa shape index (κ3) is 6.52. The number of rotatable bonds is 8. The van der Waals surface area contributed by atoms with Crippen molar-refractivity contribution in [2.45, 2.75) is 13.0 Å². The fourth-order valence-electron chi connectivity index (χ4n) is 2.55. The van der Waals surface area contributed by atoms with Crippen molar-refractivity contribution in [3.8, 4) is 11.4 Å². The number of hydrogen-bond acceptors (Lipinski definition) is 4. The lowest BCUT2D eigenvalue weighted by molar-refractivity contribution is 0.311. The van der Waals surface area contributed by atoms with Gasteiger partial charge in [0.15, 0.2) is 11.8 Å². The van der Waals surface area contributed by atoms with Crippen molar-refractivity contribution in [2.75, 3.05) is 20.2 Å². The van der Waals surface area contributed by atoms with E-state index in [4.69, 9.17) is 4.74 Å². The Morgan fingerprint density at radius 3 is 2.46 bits per heavy atom. The third-order valence-electron chi connectivity index (χ3n) is 3.92. The van der Waals surface area contributed by atoms with Crippen molar-refractivity contribution in [2.24, 2.45) is 4.99 Å². The van der Waals surface area contributed by atoms with Crippen LogP contribution in [0.25, 0.3) is 5.69 Å². The van der Waals surface area contributed by atoms with Crippen LogP contribution in [0.15, 0.2) is 72.0 Å². The average Bonchev–Trinajstić information content (AvgIpc) is 3.20. The number of nitrogens with one attached hydrogen (secondary N) is 2. The molecule has 148 valence electrons. The van der Waals surface area contributed by atoms with Gasteiger partial charge >= 0.3 is 0 Å². The van der Waals surface area contributed by atoms with Crippen molar-refractivity contribution in [3.05, 3.63) is 72.8 Å². The molecule has 0 radical (unpaired) electrons. The van der Waals surface area contributed by atoms with Gasteiger partial charge in [0.2, 0.25) is 0 Å². The highest BCUT2D eigenvalue weighted by atomic mass is 127. The molecule has 0 unspecified atom stereocenters. The normalized spacial score (nSPS) is 10.8. The SMILES string of the molecule is CN=C(NCCCOc1ccccc1)NCc1nncn1-c1ccccc1.I. The van der Waals surface area contributed by atoms with Gasteiger partial charge in [0.05, 0.1) is 13.2 Å². The minimum absolute atomic E-state index is 0. The molecule has 0 saturated heterocycles. The molecule has 2 aromatic carbocycles. The maximum atomic E-state index is 5.68. The Bertz CT molecular complexity index is 838. The van der Waals surface area contributed by atoms with E-state index < -0.39 is 0 Å². The highest BCUT2D eigenvalue weighted by Gasteiger charge is 2.07. The van der Waals surface area contributed by atoms with Crippen LogP contribution in [0.2, 0.25) is 0 Å². The molecule has 0 atom stereocenters. The van der Waals surface area contributed by atoms with Gasteiger partial charge in [-0.15, -0.1) is 34.2 Å². The first-order valence-corrected chi connectivity index (χ1v) is 8.93. The Morgan fingerprint density at radius 1 is 1.04 bits per heavy atom. The van der Waals surface area contributed by atoms with Crippen molar-refractivity contribution >= 4 is 29.9 Å². The lowest BCUT2D eigenvalue weighted by atomic mass is 10.3. The molecule has 1 aromatic heterocycles. The lowest BCUT2D eigenvalue weighted by Crippen LogP contribution is -2.38. The zero-order valence-electron chi connectivity index (χ0n) is 15.8. The Morgan fingerprint density at radius 2 is 1.75 bits per heavy atom. The quantitative estimate of drug-likeness (QED) is 0.219. The van der Waals surface area contributed by atoms with E-state index in [1.165, 1.54) is 0 Å². The number of nitrogens with zero attached hydrogens (tertiary/aromatic N) is 4. The maximum absolute atomic E-state index is 5.68. The Balaban J connectivity index is 0.00000280. The Hall–Kier alpha value is -2.62. The van der Waals surface area contributed by atoms with Crippen LogP contribution in [0.5, 0.6) is 5.75 Å². The molecule has 8 heteroatoms. The van der Waals surface area contributed by atoms with Crippen molar-refractivity contribution < 1.29 is 4.74 Å². The molecule has 0 spiro atoms. The largest absolute Gasteiger partial charge is 0.494 e. The van der Waals surface area contributed by atoms with Crippen LogP contribution in [-0.4, -0.2) is 40.9 Å². The first kappa shape index (κ1) is 21.7. The number of aliphatic imine (C=N–C) groups is 1. The lowest BCUT2D eigenvalue weighted by Gasteiger charge is -2.12. The van der Waals surface area contributed by atoms with E-state index in [0.717, 1.165) is 36.2 Å². The number of ether oxygens (including phenoxy) is 1. The fourth-order valence-corrected chi connectivity index (χ4v) is 2.55. The summed E-state index contributed by atoms with van der Waals surface area (Å²) < 4.78 is 7.64. The van der Waals surface area contributed by atoms with Gasteiger partial charge < -0.3 is 15.4 Å². The third-order valence-corrected chi connectivity index (χ3v) is 3.92. The van der Waals surface area contributed by atoms with Crippen molar-refractivity contribution in [3.63, 3.8) is 0 Å². The number of benzene rings is 2. The monoisotopic (exact) mass is 492 g/mol.